The van der Waals surface area contributed by atoms with Crippen molar-refractivity contribution in [2.75, 3.05) is 20.1 Å². The number of amides is 1. The fourth-order valence-corrected chi connectivity index (χ4v) is 4.72. The largest absolute Gasteiger partial charge is 0.358 e. The third kappa shape index (κ3) is 2.99. The number of hydrogen-bond acceptors (Lipinski definition) is 7. The molecule has 1 atom stereocenters. The quantitative estimate of drug-likeness (QED) is 0.631. The molecule has 1 spiro atoms. The second kappa shape index (κ2) is 6.44. The van der Waals surface area contributed by atoms with Gasteiger partial charge in [0.25, 0.3) is 5.91 Å². The lowest BCUT2D eigenvalue weighted by Gasteiger charge is -2.33. The van der Waals surface area contributed by atoms with Crippen molar-refractivity contribution >= 4 is 23.1 Å². The summed E-state index contributed by atoms with van der Waals surface area (Å²) in [6.07, 6.45) is 6.07. The average molecular weight is 376 g/mol. The van der Waals surface area contributed by atoms with E-state index in [1.165, 1.54) is 6.20 Å². The first kappa shape index (κ1) is 17.1. The van der Waals surface area contributed by atoms with Crippen LogP contribution in [0.2, 0.25) is 0 Å². The summed E-state index contributed by atoms with van der Waals surface area (Å²) in [5, 5.41) is 20.0. The summed E-state index contributed by atoms with van der Waals surface area (Å²) in [7, 11) is 2.13. The second-order valence-electron chi connectivity index (χ2n) is 7.10. The van der Waals surface area contributed by atoms with Gasteiger partial charge in [0.15, 0.2) is 5.56 Å². The zero-order chi connectivity index (χ0) is 18.3. The highest BCUT2D eigenvalue weighted by Crippen LogP contribution is 2.56. The first-order valence-electron chi connectivity index (χ1n) is 8.56. The number of hydrogen-bond donors (Lipinski definition) is 1. The van der Waals surface area contributed by atoms with Gasteiger partial charge in [-0.2, -0.15) is 0 Å². The maximum absolute atomic E-state index is 12.6. The van der Waals surface area contributed by atoms with Crippen LogP contribution in [0.25, 0.3) is 0 Å². The number of carbonyl (C=O) groups is 1. The first-order valence-corrected chi connectivity index (χ1v) is 9.44. The van der Waals surface area contributed by atoms with Gasteiger partial charge in [-0.1, -0.05) is 5.10 Å². The van der Waals surface area contributed by atoms with E-state index < -0.39 is 4.92 Å². The molecule has 0 radical (unpaired) electrons. The molecule has 3 heterocycles. The highest BCUT2D eigenvalue weighted by atomic mass is 32.1. The van der Waals surface area contributed by atoms with Gasteiger partial charge in [-0.3, -0.25) is 9.69 Å². The number of carbonyl (C=O) groups excluding carboxylic acids is 1. The third-order valence-electron chi connectivity index (χ3n) is 5.63. The van der Waals surface area contributed by atoms with Crippen LogP contribution in [0, 0.1) is 15.5 Å². The number of nitrogens with one attached hydrogen (secondary N) is 1. The molecule has 2 aliphatic rings. The fourth-order valence-electron chi connectivity index (χ4n) is 4.04. The van der Waals surface area contributed by atoms with Crippen LogP contribution in [0.15, 0.2) is 17.8 Å². The van der Waals surface area contributed by atoms with E-state index >= 15 is 0 Å². The first-order chi connectivity index (χ1) is 12.5. The van der Waals surface area contributed by atoms with E-state index in [4.69, 9.17) is 0 Å². The fraction of sp³-hybridized carbons (Fsp3) is 0.562. The Morgan fingerprint density at radius 2 is 2.31 bits per heavy atom. The van der Waals surface area contributed by atoms with E-state index in [-0.39, 0.29) is 22.7 Å². The van der Waals surface area contributed by atoms with E-state index in [2.05, 4.69) is 27.1 Å². The van der Waals surface area contributed by atoms with Gasteiger partial charge in [-0.25, -0.2) is 4.98 Å². The molecule has 26 heavy (non-hydrogen) atoms. The summed E-state index contributed by atoms with van der Waals surface area (Å²) >= 11 is 1.67. The minimum atomic E-state index is -0.601. The SMILES string of the molecule is CN(Cc1nccs1)C1CC12CCN(C(=O)c1cn[nH]c1[N+](=O)[O-])CC2. The van der Waals surface area contributed by atoms with Crippen molar-refractivity contribution in [3.8, 4) is 0 Å². The molecule has 0 bridgehead atoms. The lowest BCUT2D eigenvalue weighted by atomic mass is 9.92. The van der Waals surface area contributed by atoms with Gasteiger partial charge in [-0.05, 0) is 36.6 Å². The van der Waals surface area contributed by atoms with Crippen molar-refractivity contribution in [2.45, 2.75) is 31.8 Å². The van der Waals surface area contributed by atoms with Crippen molar-refractivity contribution in [3.63, 3.8) is 0 Å². The Morgan fingerprint density at radius 1 is 1.54 bits per heavy atom. The normalized spacial score (nSPS) is 21.3. The lowest BCUT2D eigenvalue weighted by Crippen LogP contribution is -2.41. The lowest BCUT2D eigenvalue weighted by molar-refractivity contribution is -0.389. The van der Waals surface area contributed by atoms with E-state index in [1.807, 2.05) is 11.6 Å². The molecule has 1 saturated carbocycles. The number of aromatic nitrogens is 3. The highest BCUT2D eigenvalue weighted by molar-refractivity contribution is 7.09. The van der Waals surface area contributed by atoms with Crippen LogP contribution in [-0.2, 0) is 6.54 Å². The molecular weight excluding hydrogens is 356 g/mol. The van der Waals surface area contributed by atoms with Gasteiger partial charge in [0.05, 0.1) is 12.7 Å². The molecule has 138 valence electrons. The maximum Gasteiger partial charge on any atom is 0.355 e. The van der Waals surface area contributed by atoms with Gasteiger partial charge in [0, 0.05) is 30.7 Å². The van der Waals surface area contributed by atoms with E-state index in [0.717, 1.165) is 30.8 Å². The van der Waals surface area contributed by atoms with E-state index in [9.17, 15) is 14.9 Å². The number of aromatic amines is 1. The van der Waals surface area contributed by atoms with E-state index in [1.54, 1.807) is 16.2 Å². The number of piperidine rings is 1. The van der Waals surface area contributed by atoms with Crippen molar-refractivity contribution in [1.82, 2.24) is 25.0 Å². The smallest absolute Gasteiger partial charge is 0.355 e. The molecule has 1 aliphatic heterocycles. The Morgan fingerprint density at radius 3 is 2.96 bits per heavy atom. The van der Waals surface area contributed by atoms with Crippen LogP contribution < -0.4 is 0 Å². The molecule has 2 aromatic rings. The van der Waals surface area contributed by atoms with Gasteiger partial charge in [-0.15, -0.1) is 16.4 Å². The molecule has 9 nitrogen and oxygen atoms in total. The van der Waals surface area contributed by atoms with Crippen molar-refractivity contribution in [2.24, 2.45) is 5.41 Å². The molecule has 10 heteroatoms. The van der Waals surface area contributed by atoms with Gasteiger partial charge >= 0.3 is 5.82 Å². The molecule has 1 N–H and O–H groups in total. The number of H-pyrrole nitrogens is 1. The summed E-state index contributed by atoms with van der Waals surface area (Å²) in [5.41, 5.74) is 0.310. The summed E-state index contributed by atoms with van der Waals surface area (Å²) in [4.78, 5) is 31.4. The Bertz CT molecular complexity index is 812. The highest BCUT2D eigenvalue weighted by Gasteiger charge is 2.57. The molecule has 2 fully saturated rings. The van der Waals surface area contributed by atoms with Crippen LogP contribution in [0.5, 0.6) is 0 Å². The molecule has 0 aromatic carbocycles. The summed E-state index contributed by atoms with van der Waals surface area (Å²) < 4.78 is 0. The number of likely N-dealkylation sites (tertiary alicyclic amines) is 1. The standard InChI is InChI=1S/C16H20N6O3S/c1-20(10-13-17-4-7-26-13)12-8-16(12)2-5-21(6-3-16)15(23)11-9-18-19-14(11)22(24)25/h4,7,9,12H,2-3,5-6,8,10H2,1H3,(H,18,19). The summed E-state index contributed by atoms with van der Waals surface area (Å²) in [5.74, 6) is -0.642. The summed E-state index contributed by atoms with van der Waals surface area (Å²) in [6.45, 7) is 2.11. The minimum Gasteiger partial charge on any atom is -0.358 e. The Hall–Kier alpha value is -2.33. The predicted molar refractivity (Wildman–Crippen MR) is 94.8 cm³/mol. The predicted octanol–water partition coefficient (Wildman–Crippen LogP) is 1.90. The number of nitro groups is 1. The van der Waals surface area contributed by atoms with Crippen LogP contribution in [-0.4, -0.2) is 62.0 Å². The van der Waals surface area contributed by atoms with Crippen LogP contribution in [0.1, 0.15) is 34.6 Å². The molecule has 1 amide bonds. The third-order valence-corrected chi connectivity index (χ3v) is 6.39. The topological polar surface area (TPSA) is 108 Å². The zero-order valence-electron chi connectivity index (χ0n) is 14.4. The molecular formula is C16H20N6O3S. The second-order valence-corrected chi connectivity index (χ2v) is 8.08. The maximum atomic E-state index is 12.6. The van der Waals surface area contributed by atoms with Crippen molar-refractivity contribution < 1.29 is 9.72 Å². The number of thiazole rings is 1. The number of rotatable bonds is 5. The van der Waals surface area contributed by atoms with Crippen LogP contribution in [0.4, 0.5) is 5.82 Å². The summed E-state index contributed by atoms with van der Waals surface area (Å²) in [6, 6.07) is 0.520. The molecule has 1 saturated heterocycles. The monoisotopic (exact) mass is 376 g/mol. The van der Waals surface area contributed by atoms with E-state index in [0.29, 0.717) is 19.1 Å². The molecule has 1 unspecified atom stereocenters. The van der Waals surface area contributed by atoms with Gasteiger partial charge in [0.1, 0.15) is 5.01 Å². The average Bonchev–Trinajstić information content (AvgIpc) is 3.02. The minimum absolute atomic E-state index is 0.0409. The Labute approximate surface area is 154 Å². The van der Waals surface area contributed by atoms with Crippen LogP contribution in [0.3, 0.4) is 0 Å². The number of nitrogens with zero attached hydrogens (tertiary/aromatic N) is 5. The molecule has 4 rings (SSSR count). The Balaban J connectivity index is 1.35. The van der Waals surface area contributed by atoms with Gasteiger partial charge < -0.3 is 15.0 Å². The van der Waals surface area contributed by atoms with Crippen molar-refractivity contribution in [3.05, 3.63) is 38.5 Å². The Kier molecular flexibility index (Phi) is 4.23. The zero-order valence-corrected chi connectivity index (χ0v) is 15.2. The van der Waals surface area contributed by atoms with Crippen molar-refractivity contribution in [1.29, 1.82) is 0 Å². The van der Waals surface area contributed by atoms with Gasteiger partial charge in [0.2, 0.25) is 0 Å². The van der Waals surface area contributed by atoms with Crippen LogP contribution >= 0.6 is 11.3 Å². The molecule has 1 aliphatic carbocycles. The molecule has 2 aromatic heterocycles.